The summed E-state index contributed by atoms with van der Waals surface area (Å²) in [7, 11) is 6.09. The second-order valence-corrected chi connectivity index (χ2v) is 8.04. The number of hydrogen-bond acceptors (Lipinski definition) is 3. The predicted molar refractivity (Wildman–Crippen MR) is 101 cm³/mol. The van der Waals surface area contributed by atoms with Crippen LogP contribution in [-0.4, -0.2) is 57.7 Å². The summed E-state index contributed by atoms with van der Waals surface area (Å²) in [5.41, 5.74) is 3.24. The quantitative estimate of drug-likeness (QED) is 0.897. The van der Waals surface area contributed by atoms with E-state index in [1.807, 2.05) is 42.1 Å². The molecule has 1 aliphatic carbocycles. The molecule has 26 heavy (non-hydrogen) atoms. The molecule has 3 heterocycles. The number of nitrogens with one attached hydrogen (secondary N) is 1. The number of nitrogens with zero attached hydrogens (tertiary/aromatic N) is 4. The minimum absolute atomic E-state index is 0.145. The zero-order chi connectivity index (χ0) is 18.3. The van der Waals surface area contributed by atoms with Crippen LogP contribution < -0.4 is 0 Å². The third-order valence-electron chi connectivity index (χ3n) is 5.92. The van der Waals surface area contributed by atoms with E-state index < -0.39 is 0 Å². The molecular weight excluding hydrogens is 326 g/mol. The summed E-state index contributed by atoms with van der Waals surface area (Å²) in [5, 5.41) is 4.36. The average molecular weight is 355 g/mol. The summed E-state index contributed by atoms with van der Waals surface area (Å²) in [6, 6.07) is 2.26. The number of aryl methyl sites for hydroxylation is 1. The van der Waals surface area contributed by atoms with Crippen molar-refractivity contribution in [3.8, 4) is 0 Å². The molecule has 0 radical (unpaired) electrons. The van der Waals surface area contributed by atoms with Gasteiger partial charge in [-0.1, -0.05) is 0 Å². The van der Waals surface area contributed by atoms with Gasteiger partial charge in [0.05, 0.1) is 11.8 Å². The molecule has 1 N–H and O–H groups in total. The molecule has 1 amide bonds. The lowest BCUT2D eigenvalue weighted by molar-refractivity contribution is 0.0644. The lowest BCUT2D eigenvalue weighted by atomic mass is 9.85. The molecule has 1 aliphatic heterocycles. The van der Waals surface area contributed by atoms with Crippen LogP contribution in [0.3, 0.4) is 0 Å². The number of H-pyrrole nitrogens is 1. The molecule has 6 nitrogen and oxygen atoms in total. The molecule has 6 heteroatoms. The minimum atomic E-state index is 0.145. The van der Waals surface area contributed by atoms with Crippen molar-refractivity contribution in [3.63, 3.8) is 0 Å². The van der Waals surface area contributed by atoms with Crippen molar-refractivity contribution in [2.24, 2.45) is 13.0 Å². The molecule has 2 aromatic heterocycles. The fraction of sp³-hybridized carbons (Fsp3) is 0.600. The van der Waals surface area contributed by atoms with Gasteiger partial charge in [0.2, 0.25) is 0 Å². The minimum Gasteiger partial charge on any atom is -0.364 e. The highest BCUT2D eigenvalue weighted by molar-refractivity contribution is 5.95. The maximum absolute atomic E-state index is 13.0. The number of amides is 1. The van der Waals surface area contributed by atoms with Crippen molar-refractivity contribution in [2.45, 2.75) is 37.6 Å². The molecule has 2 fully saturated rings. The van der Waals surface area contributed by atoms with Crippen LogP contribution in [0.4, 0.5) is 0 Å². The summed E-state index contributed by atoms with van der Waals surface area (Å²) in [6.45, 7) is 1.87. The third-order valence-corrected chi connectivity index (χ3v) is 5.92. The standard InChI is InChI=1S/C20H29N5O/c1-23-10-4-5-15(19(23)16-11-22-25(3)13-16)12-24(2)20(26)17-8-9-21-18(17)14-6-7-14/h8-9,11,13-15,19,21H,4-7,10,12H2,1-3H3/t15-,19+/m0/s1. The Morgan fingerprint density at radius 1 is 1.35 bits per heavy atom. The molecule has 0 unspecified atom stereocenters. The second-order valence-electron chi connectivity index (χ2n) is 8.04. The SMILES string of the molecule is CN(C[C@@H]1CCCN(C)[C@H]1c1cnn(C)c1)C(=O)c1cc[nH]c1C1CC1. The molecule has 2 aliphatic rings. The Bertz CT molecular complexity index is 775. The van der Waals surface area contributed by atoms with Crippen molar-refractivity contribution in [2.75, 3.05) is 27.2 Å². The number of likely N-dealkylation sites (tertiary alicyclic amines) is 1. The van der Waals surface area contributed by atoms with E-state index in [0.29, 0.717) is 17.9 Å². The topological polar surface area (TPSA) is 57.2 Å². The molecule has 140 valence electrons. The van der Waals surface area contributed by atoms with Crippen molar-refractivity contribution in [3.05, 3.63) is 41.5 Å². The fourth-order valence-electron chi connectivity index (χ4n) is 4.49. The highest BCUT2D eigenvalue weighted by atomic mass is 16.2. The van der Waals surface area contributed by atoms with Gasteiger partial charge in [0.1, 0.15) is 0 Å². The van der Waals surface area contributed by atoms with Crippen molar-refractivity contribution < 1.29 is 4.79 Å². The number of aromatic amines is 1. The Morgan fingerprint density at radius 2 is 2.15 bits per heavy atom. The van der Waals surface area contributed by atoms with E-state index in [2.05, 4.69) is 28.2 Å². The van der Waals surface area contributed by atoms with Gasteiger partial charge >= 0.3 is 0 Å². The van der Waals surface area contributed by atoms with Gasteiger partial charge in [-0.05, 0) is 57.2 Å². The first kappa shape index (κ1) is 17.3. The van der Waals surface area contributed by atoms with Gasteiger partial charge in [0.25, 0.3) is 5.91 Å². The van der Waals surface area contributed by atoms with Crippen LogP contribution in [0.5, 0.6) is 0 Å². The van der Waals surface area contributed by atoms with Crippen LogP contribution in [0.15, 0.2) is 24.7 Å². The maximum Gasteiger partial charge on any atom is 0.255 e. The number of rotatable bonds is 5. The number of piperidine rings is 1. The van der Waals surface area contributed by atoms with Crippen LogP contribution in [0.2, 0.25) is 0 Å². The van der Waals surface area contributed by atoms with Crippen LogP contribution in [0.25, 0.3) is 0 Å². The summed E-state index contributed by atoms with van der Waals surface area (Å²) in [6.07, 6.45) is 10.7. The van der Waals surface area contributed by atoms with Crippen LogP contribution in [0.1, 0.15) is 59.3 Å². The van der Waals surface area contributed by atoms with E-state index in [-0.39, 0.29) is 5.91 Å². The highest BCUT2D eigenvalue weighted by Crippen LogP contribution is 2.41. The van der Waals surface area contributed by atoms with E-state index in [1.165, 1.54) is 24.8 Å². The van der Waals surface area contributed by atoms with Gasteiger partial charge in [0, 0.05) is 50.3 Å². The Balaban J connectivity index is 1.50. The van der Waals surface area contributed by atoms with Gasteiger partial charge in [-0.15, -0.1) is 0 Å². The summed E-state index contributed by atoms with van der Waals surface area (Å²) in [4.78, 5) is 20.7. The average Bonchev–Trinajstić information content (AvgIpc) is 3.18. The summed E-state index contributed by atoms with van der Waals surface area (Å²) >= 11 is 0. The van der Waals surface area contributed by atoms with Crippen LogP contribution in [0, 0.1) is 5.92 Å². The van der Waals surface area contributed by atoms with Gasteiger partial charge < -0.3 is 9.88 Å². The van der Waals surface area contributed by atoms with Gasteiger partial charge in [0.15, 0.2) is 0 Å². The number of carbonyl (C=O) groups excluding carboxylic acids is 1. The van der Waals surface area contributed by atoms with E-state index in [4.69, 9.17) is 0 Å². The number of aromatic nitrogens is 3. The highest BCUT2D eigenvalue weighted by Gasteiger charge is 2.34. The normalized spacial score (nSPS) is 24.0. The smallest absolute Gasteiger partial charge is 0.255 e. The van der Waals surface area contributed by atoms with E-state index in [9.17, 15) is 4.79 Å². The molecule has 0 aromatic carbocycles. The second kappa shape index (κ2) is 6.91. The zero-order valence-corrected chi connectivity index (χ0v) is 16.0. The van der Waals surface area contributed by atoms with E-state index in [0.717, 1.165) is 30.8 Å². The van der Waals surface area contributed by atoms with Crippen LogP contribution in [-0.2, 0) is 7.05 Å². The first-order valence-electron chi connectivity index (χ1n) is 9.66. The zero-order valence-electron chi connectivity index (χ0n) is 16.0. The monoisotopic (exact) mass is 355 g/mol. The van der Waals surface area contributed by atoms with E-state index >= 15 is 0 Å². The largest absolute Gasteiger partial charge is 0.364 e. The molecule has 2 atom stereocenters. The van der Waals surface area contributed by atoms with Crippen molar-refractivity contribution >= 4 is 5.91 Å². The lowest BCUT2D eigenvalue weighted by Crippen LogP contribution is -2.42. The molecule has 0 spiro atoms. The number of carbonyl (C=O) groups is 1. The number of hydrogen-bond donors (Lipinski definition) is 1. The Hall–Kier alpha value is -2.08. The molecular formula is C20H29N5O. The van der Waals surface area contributed by atoms with Gasteiger partial charge in [-0.2, -0.15) is 5.10 Å². The molecule has 1 saturated carbocycles. The molecule has 4 rings (SSSR count). The maximum atomic E-state index is 13.0. The first-order valence-corrected chi connectivity index (χ1v) is 9.66. The Kier molecular flexibility index (Phi) is 4.61. The molecule has 2 aromatic rings. The van der Waals surface area contributed by atoms with Crippen LogP contribution >= 0.6 is 0 Å². The predicted octanol–water partition coefficient (Wildman–Crippen LogP) is 2.78. The van der Waals surface area contributed by atoms with Gasteiger partial charge in [-0.25, -0.2) is 0 Å². The van der Waals surface area contributed by atoms with E-state index in [1.54, 1.807) is 0 Å². The van der Waals surface area contributed by atoms with Crippen molar-refractivity contribution in [1.82, 2.24) is 24.6 Å². The van der Waals surface area contributed by atoms with Crippen molar-refractivity contribution in [1.29, 1.82) is 0 Å². The molecule has 0 bridgehead atoms. The van der Waals surface area contributed by atoms with Gasteiger partial charge in [-0.3, -0.25) is 14.4 Å². The lowest BCUT2D eigenvalue weighted by Gasteiger charge is -2.40. The summed E-state index contributed by atoms with van der Waals surface area (Å²) in [5.74, 6) is 1.13. The molecule has 1 saturated heterocycles. The fourth-order valence-corrected chi connectivity index (χ4v) is 4.49. The first-order chi connectivity index (χ1) is 12.5. The Morgan fingerprint density at radius 3 is 2.85 bits per heavy atom. The Labute approximate surface area is 155 Å². The summed E-state index contributed by atoms with van der Waals surface area (Å²) < 4.78 is 1.87. The third kappa shape index (κ3) is 3.30.